The van der Waals surface area contributed by atoms with E-state index in [-0.39, 0.29) is 6.10 Å². The fourth-order valence-electron chi connectivity index (χ4n) is 1.94. The molecule has 0 aliphatic heterocycles. The molecule has 0 bridgehead atoms. The number of carbonyl (C=O) groups is 1. The van der Waals surface area contributed by atoms with E-state index in [4.69, 9.17) is 16.3 Å². The van der Waals surface area contributed by atoms with Crippen molar-refractivity contribution in [3.05, 3.63) is 27.3 Å². The van der Waals surface area contributed by atoms with Crippen molar-refractivity contribution in [2.45, 2.75) is 31.8 Å². The predicted octanol–water partition coefficient (Wildman–Crippen LogP) is 3.99. The lowest BCUT2D eigenvalue weighted by Gasteiger charge is -2.15. The van der Waals surface area contributed by atoms with Gasteiger partial charge in [0.25, 0.3) is 5.24 Å². The minimum absolute atomic E-state index is 0.243. The van der Waals surface area contributed by atoms with E-state index in [9.17, 15) is 4.79 Å². The molecule has 0 amide bonds. The quantitative estimate of drug-likeness (QED) is 0.608. The Morgan fingerprint density at radius 2 is 2.06 bits per heavy atom. The van der Waals surface area contributed by atoms with Gasteiger partial charge >= 0.3 is 0 Å². The number of hydrogen-bond donors (Lipinski definition) is 0. The topological polar surface area (TPSA) is 26.3 Å². The predicted molar refractivity (Wildman–Crippen MR) is 72.2 cm³/mol. The van der Waals surface area contributed by atoms with Gasteiger partial charge < -0.3 is 4.74 Å². The molecular formula is C12H12ClIO2. The van der Waals surface area contributed by atoms with Crippen LogP contribution >= 0.6 is 34.2 Å². The van der Waals surface area contributed by atoms with Crippen LogP contribution in [0.1, 0.15) is 36.0 Å². The molecule has 86 valence electrons. The normalized spacial score (nSPS) is 16.4. The minimum Gasteiger partial charge on any atom is -0.490 e. The summed E-state index contributed by atoms with van der Waals surface area (Å²) in [5.41, 5.74) is 0.467. The van der Waals surface area contributed by atoms with Crippen molar-refractivity contribution in [3.8, 4) is 5.75 Å². The van der Waals surface area contributed by atoms with Crippen LogP contribution < -0.4 is 4.74 Å². The first kappa shape index (κ1) is 12.2. The number of carbonyl (C=O) groups excluding carboxylic acids is 1. The molecule has 16 heavy (non-hydrogen) atoms. The Bertz CT molecular complexity index is 400. The molecule has 2 rings (SSSR count). The maximum atomic E-state index is 11.2. The average molecular weight is 351 g/mol. The average Bonchev–Trinajstić information content (AvgIpc) is 2.70. The SMILES string of the molecule is O=C(Cl)c1ccc(I)cc1OC1CCCC1. The van der Waals surface area contributed by atoms with Gasteiger partial charge in [-0.1, -0.05) is 0 Å². The molecule has 0 unspecified atom stereocenters. The fraction of sp³-hybridized carbons (Fsp3) is 0.417. The molecule has 0 atom stereocenters. The Balaban J connectivity index is 2.22. The van der Waals surface area contributed by atoms with Crippen LogP contribution in [0.2, 0.25) is 0 Å². The highest BCUT2D eigenvalue weighted by Crippen LogP contribution is 2.28. The van der Waals surface area contributed by atoms with Gasteiger partial charge in [0.15, 0.2) is 0 Å². The Morgan fingerprint density at radius 1 is 1.38 bits per heavy atom. The number of ether oxygens (including phenoxy) is 1. The summed E-state index contributed by atoms with van der Waals surface area (Å²) in [5, 5.41) is -0.454. The summed E-state index contributed by atoms with van der Waals surface area (Å²) in [6, 6.07) is 5.45. The Kier molecular flexibility index (Phi) is 4.08. The Hall–Kier alpha value is -0.290. The summed E-state index contributed by atoms with van der Waals surface area (Å²) < 4.78 is 6.89. The van der Waals surface area contributed by atoms with Crippen LogP contribution in [0.15, 0.2) is 18.2 Å². The first-order chi connectivity index (χ1) is 7.66. The summed E-state index contributed by atoms with van der Waals surface area (Å²) in [6.07, 6.45) is 4.80. The van der Waals surface area contributed by atoms with Crippen molar-refractivity contribution < 1.29 is 9.53 Å². The second kappa shape index (κ2) is 5.36. The maximum Gasteiger partial charge on any atom is 0.256 e. The van der Waals surface area contributed by atoms with Crippen LogP contribution in [-0.2, 0) is 0 Å². The fourth-order valence-corrected chi connectivity index (χ4v) is 2.56. The molecule has 1 aliphatic carbocycles. The molecule has 4 heteroatoms. The molecule has 0 saturated heterocycles. The molecular weight excluding hydrogens is 338 g/mol. The largest absolute Gasteiger partial charge is 0.490 e. The summed E-state index contributed by atoms with van der Waals surface area (Å²) >= 11 is 7.72. The molecule has 2 nitrogen and oxygen atoms in total. The van der Waals surface area contributed by atoms with E-state index in [2.05, 4.69) is 22.6 Å². The first-order valence-corrected chi connectivity index (χ1v) is 6.78. The Morgan fingerprint density at radius 3 is 2.69 bits per heavy atom. The lowest BCUT2D eigenvalue weighted by atomic mass is 10.2. The van der Waals surface area contributed by atoms with E-state index in [1.807, 2.05) is 12.1 Å². The lowest BCUT2D eigenvalue weighted by Crippen LogP contribution is -2.12. The molecule has 1 aliphatic rings. The third kappa shape index (κ3) is 2.88. The summed E-state index contributed by atoms with van der Waals surface area (Å²) in [6.45, 7) is 0. The van der Waals surface area contributed by atoms with Crippen molar-refractivity contribution in [1.29, 1.82) is 0 Å². The summed E-state index contributed by atoms with van der Waals surface area (Å²) in [7, 11) is 0. The van der Waals surface area contributed by atoms with Gasteiger partial charge in [-0.3, -0.25) is 4.79 Å². The zero-order valence-corrected chi connectivity index (χ0v) is 11.6. The number of rotatable bonds is 3. The van der Waals surface area contributed by atoms with Crippen LogP contribution in [0.3, 0.4) is 0 Å². The van der Waals surface area contributed by atoms with Gasteiger partial charge in [0, 0.05) is 3.57 Å². The summed E-state index contributed by atoms with van der Waals surface area (Å²) in [5.74, 6) is 0.624. The van der Waals surface area contributed by atoms with Crippen molar-refractivity contribution in [1.82, 2.24) is 0 Å². The lowest BCUT2D eigenvalue weighted by molar-refractivity contribution is 0.107. The third-order valence-electron chi connectivity index (χ3n) is 2.75. The highest BCUT2D eigenvalue weighted by Gasteiger charge is 2.19. The highest BCUT2D eigenvalue weighted by molar-refractivity contribution is 14.1. The summed E-state index contributed by atoms with van der Waals surface area (Å²) in [4.78, 5) is 11.2. The molecule has 0 N–H and O–H groups in total. The smallest absolute Gasteiger partial charge is 0.256 e. The zero-order valence-electron chi connectivity index (χ0n) is 8.71. The van der Waals surface area contributed by atoms with Crippen LogP contribution in [-0.4, -0.2) is 11.3 Å². The van der Waals surface area contributed by atoms with Crippen LogP contribution in [0.5, 0.6) is 5.75 Å². The van der Waals surface area contributed by atoms with Gasteiger partial charge in [-0.05, 0) is 78.1 Å². The van der Waals surface area contributed by atoms with E-state index in [0.29, 0.717) is 11.3 Å². The monoisotopic (exact) mass is 350 g/mol. The van der Waals surface area contributed by atoms with E-state index in [1.165, 1.54) is 12.8 Å². The molecule has 0 aromatic heterocycles. The van der Waals surface area contributed by atoms with Crippen molar-refractivity contribution in [2.75, 3.05) is 0 Å². The van der Waals surface area contributed by atoms with Crippen molar-refractivity contribution in [3.63, 3.8) is 0 Å². The molecule has 1 fully saturated rings. The van der Waals surface area contributed by atoms with Gasteiger partial charge in [0.05, 0.1) is 11.7 Å². The molecule has 1 aromatic carbocycles. The van der Waals surface area contributed by atoms with Crippen LogP contribution in [0.25, 0.3) is 0 Å². The van der Waals surface area contributed by atoms with Crippen LogP contribution in [0.4, 0.5) is 0 Å². The third-order valence-corrected chi connectivity index (χ3v) is 3.63. The van der Waals surface area contributed by atoms with Gasteiger partial charge in [-0.2, -0.15) is 0 Å². The van der Waals surface area contributed by atoms with Gasteiger partial charge in [-0.25, -0.2) is 0 Å². The molecule has 0 heterocycles. The molecule has 0 spiro atoms. The molecule has 1 aromatic rings. The van der Waals surface area contributed by atoms with Crippen molar-refractivity contribution >= 4 is 39.4 Å². The standard InChI is InChI=1S/C12H12ClIO2/c13-12(15)10-6-5-8(14)7-11(10)16-9-3-1-2-4-9/h5-7,9H,1-4H2. The Labute approximate surface area is 113 Å². The van der Waals surface area contributed by atoms with Gasteiger partial charge in [0.2, 0.25) is 0 Å². The number of halogens is 2. The van der Waals surface area contributed by atoms with Crippen molar-refractivity contribution in [2.24, 2.45) is 0 Å². The highest BCUT2D eigenvalue weighted by atomic mass is 127. The maximum absolute atomic E-state index is 11.2. The zero-order chi connectivity index (χ0) is 11.5. The van der Waals surface area contributed by atoms with Gasteiger partial charge in [-0.15, -0.1) is 0 Å². The van der Waals surface area contributed by atoms with E-state index in [0.717, 1.165) is 16.4 Å². The second-order valence-corrected chi connectivity index (χ2v) is 5.53. The number of hydrogen-bond acceptors (Lipinski definition) is 2. The van der Waals surface area contributed by atoms with E-state index >= 15 is 0 Å². The van der Waals surface area contributed by atoms with Gasteiger partial charge in [0.1, 0.15) is 5.75 Å². The van der Waals surface area contributed by atoms with E-state index in [1.54, 1.807) is 6.07 Å². The molecule has 1 saturated carbocycles. The minimum atomic E-state index is -0.454. The first-order valence-electron chi connectivity index (χ1n) is 5.33. The second-order valence-electron chi connectivity index (χ2n) is 3.94. The van der Waals surface area contributed by atoms with E-state index < -0.39 is 5.24 Å². The number of benzene rings is 1. The van der Waals surface area contributed by atoms with Crippen LogP contribution in [0, 0.1) is 3.57 Å². The molecule has 0 radical (unpaired) electrons.